The number of hydrogen-bond donors (Lipinski definition) is 1. The summed E-state index contributed by atoms with van der Waals surface area (Å²) in [5.74, 6) is -1.04. The lowest BCUT2D eigenvalue weighted by Crippen LogP contribution is -2.22. The van der Waals surface area contributed by atoms with Crippen LogP contribution >= 0.6 is 0 Å². The maximum absolute atomic E-state index is 13.2. The zero-order valence-electron chi connectivity index (χ0n) is 22.6. The molecule has 192 valence electrons. The monoisotopic (exact) mass is 512 g/mol. The molecule has 37 heavy (non-hydrogen) atoms. The van der Waals surface area contributed by atoms with Gasteiger partial charge >= 0.3 is 11.9 Å². The molecule has 1 aliphatic rings. The molecule has 0 spiro atoms. The van der Waals surface area contributed by atoms with Crippen LogP contribution in [0.3, 0.4) is 0 Å². The van der Waals surface area contributed by atoms with E-state index in [0.717, 1.165) is 29.2 Å². The Hall–Kier alpha value is -3.44. The first-order valence-electron chi connectivity index (χ1n) is 12.8. The molecule has 1 N–H and O–H groups in total. The fraction of sp³-hybridized carbons (Fsp3) is 0.312. The average Bonchev–Trinajstić information content (AvgIpc) is 2.83. The van der Waals surface area contributed by atoms with Crippen molar-refractivity contribution in [3.63, 3.8) is 0 Å². The fourth-order valence-electron chi connectivity index (χ4n) is 4.79. The van der Waals surface area contributed by atoms with E-state index in [2.05, 4.69) is 70.8 Å². The summed E-state index contributed by atoms with van der Waals surface area (Å²) in [7, 11) is -1.37. The molecule has 3 aromatic rings. The minimum Gasteiger partial charge on any atom is -0.478 e. The lowest BCUT2D eigenvalue weighted by molar-refractivity contribution is 0.0695. The van der Waals surface area contributed by atoms with E-state index in [1.807, 2.05) is 18.2 Å². The molecule has 5 heteroatoms. The van der Waals surface area contributed by atoms with Gasteiger partial charge in [0.05, 0.1) is 11.1 Å². The van der Waals surface area contributed by atoms with E-state index in [1.54, 1.807) is 12.1 Å². The molecular formula is C32H36O4Si. The van der Waals surface area contributed by atoms with Crippen LogP contribution in [-0.2, 0) is 11.8 Å². The number of aryl methyl sites for hydroxylation is 2. The van der Waals surface area contributed by atoms with Gasteiger partial charge in [0.1, 0.15) is 5.75 Å². The van der Waals surface area contributed by atoms with Crippen molar-refractivity contribution in [3.8, 4) is 5.75 Å². The van der Waals surface area contributed by atoms with Crippen molar-refractivity contribution >= 4 is 25.6 Å². The van der Waals surface area contributed by atoms with E-state index in [-0.39, 0.29) is 11.0 Å². The number of carbonyl (C=O) groups excluding carboxylic acids is 1. The average molecular weight is 513 g/mol. The first-order valence-corrected chi connectivity index (χ1v) is 16.6. The Bertz CT molecular complexity index is 1370. The molecule has 0 bridgehead atoms. The Morgan fingerprint density at radius 2 is 1.68 bits per heavy atom. The number of aromatic carboxylic acids is 1. The number of carboxylic acid groups (broad SMARTS) is 1. The number of carboxylic acids is 1. The quantitative estimate of drug-likeness (QED) is 0.198. The van der Waals surface area contributed by atoms with Crippen molar-refractivity contribution in [1.82, 2.24) is 0 Å². The number of allylic oxidation sites excluding steroid dienone is 1. The van der Waals surface area contributed by atoms with Gasteiger partial charge in [0, 0.05) is 8.07 Å². The Balaban J connectivity index is 1.65. The molecule has 4 rings (SSSR count). The van der Waals surface area contributed by atoms with Crippen molar-refractivity contribution in [3.05, 3.63) is 106 Å². The van der Waals surface area contributed by atoms with Crippen LogP contribution < -0.4 is 4.74 Å². The highest BCUT2D eigenvalue weighted by molar-refractivity contribution is 6.76. The zero-order chi connectivity index (χ0) is 27.0. The second kappa shape index (κ2) is 10.1. The highest BCUT2D eigenvalue weighted by Gasteiger charge is 2.29. The molecule has 0 heterocycles. The highest BCUT2D eigenvalue weighted by Crippen LogP contribution is 2.41. The third-order valence-electron chi connectivity index (χ3n) is 7.12. The van der Waals surface area contributed by atoms with Crippen LogP contribution in [0, 0.1) is 6.92 Å². The van der Waals surface area contributed by atoms with Crippen LogP contribution in [0.15, 0.2) is 66.7 Å². The molecule has 3 aromatic carbocycles. The number of fused-ring (bicyclic) bond motifs is 1. The van der Waals surface area contributed by atoms with Crippen LogP contribution in [0.2, 0.25) is 25.7 Å². The molecule has 0 fully saturated rings. The minimum atomic E-state index is -1.37. The Kier molecular flexibility index (Phi) is 7.29. The van der Waals surface area contributed by atoms with Gasteiger partial charge in [-0.25, -0.2) is 9.59 Å². The highest BCUT2D eigenvalue weighted by atomic mass is 28.3. The van der Waals surface area contributed by atoms with Gasteiger partial charge in [-0.15, -0.1) is 0 Å². The second-order valence-electron chi connectivity index (χ2n) is 11.9. The van der Waals surface area contributed by atoms with Crippen molar-refractivity contribution in [1.29, 1.82) is 0 Å². The van der Waals surface area contributed by atoms with Gasteiger partial charge in [0.2, 0.25) is 0 Å². The number of carbonyl (C=O) groups is 2. The molecule has 1 aliphatic carbocycles. The molecule has 0 saturated heterocycles. The number of ether oxygens (including phenoxy) is 1. The Morgan fingerprint density at radius 3 is 2.32 bits per heavy atom. The molecular weight excluding hydrogens is 476 g/mol. The SMILES string of the molecule is Cc1ccc(C2=CCC(C)(C)c3ccc(C(=O)Oc4ccc(C(=O)O)c(CC[Si](C)(C)C)c4)cc32)cc1. The normalized spacial score (nSPS) is 14.5. The lowest BCUT2D eigenvalue weighted by Gasteiger charge is -2.32. The van der Waals surface area contributed by atoms with Crippen LogP contribution in [0.25, 0.3) is 5.57 Å². The Labute approximate surface area is 221 Å². The van der Waals surface area contributed by atoms with Gasteiger partial charge in [-0.2, -0.15) is 0 Å². The molecule has 0 saturated carbocycles. The van der Waals surface area contributed by atoms with E-state index in [0.29, 0.717) is 23.3 Å². The maximum Gasteiger partial charge on any atom is 0.343 e. The number of hydrogen-bond acceptors (Lipinski definition) is 3. The van der Waals surface area contributed by atoms with Crippen molar-refractivity contribution in [2.75, 3.05) is 0 Å². The molecule has 0 aromatic heterocycles. The van der Waals surface area contributed by atoms with Gasteiger partial charge in [0.25, 0.3) is 0 Å². The first kappa shape index (κ1) is 26.6. The largest absolute Gasteiger partial charge is 0.478 e. The fourth-order valence-corrected chi connectivity index (χ4v) is 5.81. The van der Waals surface area contributed by atoms with Crippen LogP contribution in [-0.4, -0.2) is 25.1 Å². The molecule has 0 aliphatic heterocycles. The summed E-state index contributed by atoms with van der Waals surface area (Å²) in [6, 6.07) is 20.0. The predicted octanol–water partition coefficient (Wildman–Crippen LogP) is 7.91. The van der Waals surface area contributed by atoms with Gasteiger partial charge in [-0.05, 0) is 83.3 Å². The summed E-state index contributed by atoms with van der Waals surface area (Å²) in [5.41, 5.74) is 7.13. The zero-order valence-corrected chi connectivity index (χ0v) is 23.6. The standard InChI is InChI=1S/C32H36O4Si/c1-21-7-9-22(10-8-21)26-15-17-32(2,3)29-14-11-24(20-28(26)29)31(35)36-25-12-13-27(30(33)34)23(19-25)16-18-37(4,5)6/h7-15,19-20H,16-18H2,1-6H3,(H,33,34). The van der Waals surface area contributed by atoms with Crippen molar-refractivity contribution in [2.24, 2.45) is 0 Å². The predicted molar refractivity (Wildman–Crippen MR) is 153 cm³/mol. The van der Waals surface area contributed by atoms with Gasteiger partial charge in [-0.1, -0.05) is 81.5 Å². The lowest BCUT2D eigenvalue weighted by atomic mass is 9.72. The van der Waals surface area contributed by atoms with E-state index in [4.69, 9.17) is 4.74 Å². The number of rotatable bonds is 7. The van der Waals surface area contributed by atoms with E-state index < -0.39 is 20.0 Å². The summed E-state index contributed by atoms with van der Waals surface area (Å²) in [5, 5.41) is 9.63. The van der Waals surface area contributed by atoms with Gasteiger partial charge in [-0.3, -0.25) is 0 Å². The topological polar surface area (TPSA) is 63.6 Å². The third kappa shape index (κ3) is 6.11. The molecule has 0 amide bonds. The van der Waals surface area contributed by atoms with Gasteiger partial charge in [0.15, 0.2) is 0 Å². The van der Waals surface area contributed by atoms with Crippen molar-refractivity contribution in [2.45, 2.75) is 64.7 Å². The molecule has 0 unspecified atom stereocenters. The third-order valence-corrected chi connectivity index (χ3v) is 8.87. The van der Waals surface area contributed by atoms with E-state index in [9.17, 15) is 14.7 Å². The summed E-state index contributed by atoms with van der Waals surface area (Å²) in [6.07, 6.45) is 3.84. The number of benzene rings is 3. The maximum atomic E-state index is 13.2. The molecule has 0 atom stereocenters. The second-order valence-corrected chi connectivity index (χ2v) is 17.5. The smallest absolute Gasteiger partial charge is 0.343 e. The Morgan fingerprint density at radius 1 is 0.973 bits per heavy atom. The van der Waals surface area contributed by atoms with Crippen LogP contribution in [0.1, 0.15) is 68.8 Å². The number of esters is 1. The summed E-state index contributed by atoms with van der Waals surface area (Å²) in [4.78, 5) is 25.0. The van der Waals surface area contributed by atoms with Crippen LogP contribution in [0.5, 0.6) is 5.75 Å². The molecule has 0 radical (unpaired) electrons. The first-order chi connectivity index (χ1) is 17.3. The van der Waals surface area contributed by atoms with Gasteiger partial charge < -0.3 is 9.84 Å². The van der Waals surface area contributed by atoms with Crippen LogP contribution in [0.4, 0.5) is 0 Å². The molecule has 4 nitrogen and oxygen atoms in total. The summed E-state index contributed by atoms with van der Waals surface area (Å²) >= 11 is 0. The van der Waals surface area contributed by atoms with E-state index in [1.165, 1.54) is 17.2 Å². The summed E-state index contributed by atoms with van der Waals surface area (Å²) in [6.45, 7) is 13.3. The minimum absolute atomic E-state index is 0.0378. The van der Waals surface area contributed by atoms with Crippen molar-refractivity contribution < 1.29 is 19.4 Å². The van der Waals surface area contributed by atoms with E-state index >= 15 is 0 Å². The summed E-state index contributed by atoms with van der Waals surface area (Å²) < 4.78 is 5.77.